The van der Waals surface area contributed by atoms with Crippen LogP contribution >= 0.6 is 0 Å². The molecule has 0 spiro atoms. The van der Waals surface area contributed by atoms with E-state index in [-0.39, 0.29) is 11.9 Å². The molecule has 0 atom stereocenters. The zero-order chi connectivity index (χ0) is 23.0. The second-order valence-corrected chi connectivity index (χ2v) is 8.35. The van der Waals surface area contributed by atoms with Gasteiger partial charge in [-0.3, -0.25) is 14.6 Å². The van der Waals surface area contributed by atoms with Crippen LogP contribution in [-0.2, 0) is 27.3 Å². The Hall–Kier alpha value is -3.16. The van der Waals surface area contributed by atoms with E-state index in [0.29, 0.717) is 13.2 Å². The van der Waals surface area contributed by atoms with Crippen molar-refractivity contribution in [1.29, 1.82) is 0 Å². The second-order valence-electron chi connectivity index (χ2n) is 8.35. The van der Waals surface area contributed by atoms with Gasteiger partial charge in [0.25, 0.3) is 0 Å². The Morgan fingerprint density at radius 2 is 1.82 bits per heavy atom. The van der Waals surface area contributed by atoms with Gasteiger partial charge in [0.2, 0.25) is 5.91 Å². The van der Waals surface area contributed by atoms with E-state index in [9.17, 15) is 9.59 Å². The quantitative estimate of drug-likeness (QED) is 0.494. The molecule has 4 rings (SSSR count). The summed E-state index contributed by atoms with van der Waals surface area (Å²) in [5.41, 5.74) is 4.25. The summed E-state index contributed by atoms with van der Waals surface area (Å²) < 4.78 is 10.5. The van der Waals surface area contributed by atoms with Gasteiger partial charge < -0.3 is 14.8 Å². The van der Waals surface area contributed by atoms with Gasteiger partial charge in [0.1, 0.15) is 5.75 Å². The molecule has 2 heterocycles. The Kier molecular flexibility index (Phi) is 7.75. The zero-order valence-electron chi connectivity index (χ0n) is 19.1. The zero-order valence-corrected chi connectivity index (χ0v) is 19.1. The number of carbonyl (C=O) groups excluding carboxylic acids is 2. The predicted molar refractivity (Wildman–Crippen MR) is 128 cm³/mol. The van der Waals surface area contributed by atoms with Crippen molar-refractivity contribution >= 4 is 23.6 Å². The van der Waals surface area contributed by atoms with Crippen LogP contribution in [0.1, 0.15) is 23.6 Å². The van der Waals surface area contributed by atoms with E-state index in [1.165, 1.54) is 17.2 Å². The lowest BCUT2D eigenvalue weighted by Gasteiger charge is -2.34. The molecular weight excluding hydrogens is 418 g/mol. The first kappa shape index (κ1) is 23.0. The molecule has 2 aliphatic rings. The summed E-state index contributed by atoms with van der Waals surface area (Å²) in [6, 6.07) is 13.9. The van der Waals surface area contributed by atoms with Gasteiger partial charge in [0.05, 0.1) is 19.8 Å². The van der Waals surface area contributed by atoms with Crippen molar-refractivity contribution in [2.24, 2.45) is 0 Å². The molecule has 0 aromatic heterocycles. The highest BCUT2D eigenvalue weighted by Gasteiger charge is 2.20. The van der Waals surface area contributed by atoms with Crippen LogP contribution in [0.3, 0.4) is 0 Å². The van der Waals surface area contributed by atoms with E-state index in [2.05, 4.69) is 33.3 Å². The summed E-state index contributed by atoms with van der Waals surface area (Å²) in [6.07, 6.45) is 4.09. The molecule has 174 valence electrons. The second kappa shape index (κ2) is 11.1. The first-order valence-electron chi connectivity index (χ1n) is 11.5. The average Bonchev–Trinajstić information content (AvgIpc) is 3.28. The Labute approximate surface area is 195 Å². The fourth-order valence-corrected chi connectivity index (χ4v) is 4.14. The Morgan fingerprint density at radius 3 is 2.58 bits per heavy atom. The largest absolute Gasteiger partial charge is 0.493 e. The minimum absolute atomic E-state index is 0.0168. The molecule has 2 aliphatic heterocycles. The maximum atomic E-state index is 12.5. The Bertz CT molecular complexity index is 995. The number of piperazine rings is 1. The topological polar surface area (TPSA) is 71.1 Å². The number of hydrogen-bond donors (Lipinski definition) is 1. The fraction of sp³-hybridized carbons (Fsp3) is 0.385. The van der Waals surface area contributed by atoms with Crippen molar-refractivity contribution < 1.29 is 19.1 Å². The molecule has 1 N–H and O–H groups in total. The minimum Gasteiger partial charge on any atom is -0.493 e. The Balaban J connectivity index is 1.19. The molecule has 0 saturated carbocycles. The monoisotopic (exact) mass is 449 g/mol. The van der Waals surface area contributed by atoms with Crippen molar-refractivity contribution in [3.63, 3.8) is 0 Å². The van der Waals surface area contributed by atoms with Crippen molar-refractivity contribution in [3.05, 3.63) is 65.2 Å². The van der Waals surface area contributed by atoms with Gasteiger partial charge in [-0.25, -0.2) is 4.79 Å². The van der Waals surface area contributed by atoms with Gasteiger partial charge in [-0.15, -0.1) is 0 Å². The number of hydrogen-bond acceptors (Lipinski definition) is 6. The van der Waals surface area contributed by atoms with E-state index in [0.717, 1.165) is 62.8 Å². The van der Waals surface area contributed by atoms with Crippen LogP contribution < -0.4 is 10.1 Å². The molecule has 7 nitrogen and oxygen atoms in total. The average molecular weight is 450 g/mol. The highest BCUT2D eigenvalue weighted by molar-refractivity contribution is 5.92. The molecular formula is C26H31N3O4. The number of nitrogens with one attached hydrogen (secondary N) is 1. The van der Waals surface area contributed by atoms with Gasteiger partial charge in [-0.1, -0.05) is 24.3 Å². The number of fused-ring (bicyclic) bond motifs is 1. The maximum absolute atomic E-state index is 12.5. The van der Waals surface area contributed by atoms with Crippen molar-refractivity contribution in [1.82, 2.24) is 9.80 Å². The lowest BCUT2D eigenvalue weighted by Crippen LogP contribution is -2.48. The summed E-state index contributed by atoms with van der Waals surface area (Å²) in [6.45, 7) is 7.87. The lowest BCUT2D eigenvalue weighted by molar-refractivity contribution is -0.137. The van der Waals surface area contributed by atoms with Crippen LogP contribution in [0.4, 0.5) is 5.69 Å². The minimum atomic E-state index is -0.364. The van der Waals surface area contributed by atoms with Crippen LogP contribution in [0.15, 0.2) is 48.5 Å². The molecule has 33 heavy (non-hydrogen) atoms. The summed E-state index contributed by atoms with van der Waals surface area (Å²) in [5, 5.41) is 2.95. The number of nitrogens with zero attached hydrogens (tertiary/aromatic N) is 2. The van der Waals surface area contributed by atoms with Crippen LogP contribution in [0.5, 0.6) is 5.75 Å². The highest BCUT2D eigenvalue weighted by atomic mass is 16.5. The third kappa shape index (κ3) is 6.66. The van der Waals surface area contributed by atoms with E-state index in [1.54, 1.807) is 13.0 Å². The number of carbonyl (C=O) groups is 2. The fourth-order valence-electron chi connectivity index (χ4n) is 4.14. The predicted octanol–water partition coefficient (Wildman–Crippen LogP) is 2.95. The highest BCUT2D eigenvalue weighted by Crippen LogP contribution is 2.26. The van der Waals surface area contributed by atoms with E-state index < -0.39 is 0 Å². The Morgan fingerprint density at radius 1 is 1.06 bits per heavy atom. The summed E-state index contributed by atoms with van der Waals surface area (Å²) in [7, 11) is 0. The number of benzene rings is 2. The molecule has 0 unspecified atom stereocenters. The van der Waals surface area contributed by atoms with E-state index in [4.69, 9.17) is 9.47 Å². The summed E-state index contributed by atoms with van der Waals surface area (Å²) in [5.74, 6) is 0.645. The molecule has 0 radical (unpaired) electrons. The molecule has 1 amide bonds. The van der Waals surface area contributed by atoms with Crippen LogP contribution in [0.25, 0.3) is 6.08 Å². The van der Waals surface area contributed by atoms with Crippen molar-refractivity contribution in [2.45, 2.75) is 19.9 Å². The smallest absolute Gasteiger partial charge is 0.330 e. The molecule has 2 aromatic carbocycles. The SMILES string of the molecule is CCOC(=O)/C=C/c1ccc(NC(=O)CN2CCN(Cc3ccc4c(c3)CCO4)CC2)cc1. The normalized spacial score (nSPS) is 16.4. The summed E-state index contributed by atoms with van der Waals surface area (Å²) in [4.78, 5) is 28.5. The first-order valence-corrected chi connectivity index (χ1v) is 11.5. The third-order valence-electron chi connectivity index (χ3n) is 5.89. The number of esters is 1. The number of amides is 1. The van der Waals surface area contributed by atoms with Crippen LogP contribution in [0.2, 0.25) is 0 Å². The molecule has 1 fully saturated rings. The van der Waals surface area contributed by atoms with E-state index >= 15 is 0 Å². The third-order valence-corrected chi connectivity index (χ3v) is 5.89. The van der Waals surface area contributed by atoms with Crippen LogP contribution in [-0.4, -0.2) is 67.6 Å². The van der Waals surface area contributed by atoms with Gasteiger partial charge in [0.15, 0.2) is 0 Å². The van der Waals surface area contributed by atoms with Gasteiger partial charge in [-0.2, -0.15) is 0 Å². The van der Waals surface area contributed by atoms with Crippen molar-refractivity contribution in [2.75, 3.05) is 51.3 Å². The van der Waals surface area contributed by atoms with E-state index in [1.807, 2.05) is 24.3 Å². The van der Waals surface area contributed by atoms with Crippen LogP contribution in [0, 0.1) is 0 Å². The molecule has 7 heteroatoms. The number of rotatable bonds is 8. The number of ether oxygens (including phenoxy) is 2. The number of anilines is 1. The van der Waals surface area contributed by atoms with Gasteiger partial charge in [-0.05, 0) is 47.9 Å². The molecule has 2 aromatic rings. The first-order chi connectivity index (χ1) is 16.1. The van der Waals surface area contributed by atoms with Crippen molar-refractivity contribution in [3.8, 4) is 5.75 Å². The molecule has 0 bridgehead atoms. The molecule has 0 aliphatic carbocycles. The molecule has 1 saturated heterocycles. The lowest BCUT2D eigenvalue weighted by atomic mass is 10.1. The standard InChI is InChI=1S/C26H31N3O4/c1-2-32-26(31)10-6-20-3-7-23(8-4-20)27-25(30)19-29-14-12-28(13-15-29)18-21-5-9-24-22(17-21)11-16-33-24/h3-10,17H,2,11-16,18-19H2,1H3,(H,27,30)/b10-6+. The van der Waals surface area contributed by atoms with Gasteiger partial charge in [0, 0.05) is 50.9 Å². The summed E-state index contributed by atoms with van der Waals surface area (Å²) >= 11 is 0. The maximum Gasteiger partial charge on any atom is 0.330 e. The van der Waals surface area contributed by atoms with Gasteiger partial charge >= 0.3 is 5.97 Å².